The maximum Gasteiger partial charge on any atom is 0.295 e. The van der Waals surface area contributed by atoms with Crippen LogP contribution in [0.1, 0.15) is 0 Å². The Labute approximate surface area is 373 Å². The summed E-state index contributed by atoms with van der Waals surface area (Å²) in [4.78, 5) is 0. The van der Waals surface area contributed by atoms with Gasteiger partial charge in [0.15, 0.2) is 140 Å². The zero-order chi connectivity index (χ0) is 50.2. The second kappa shape index (κ2) is 15.4. The minimum Gasteiger partial charge on any atom is -0.204 e. The summed E-state index contributed by atoms with van der Waals surface area (Å²) in [5.41, 5.74) is -26.3. The summed E-state index contributed by atoms with van der Waals surface area (Å²) in [7, 11) is 0. The molecule has 0 fully saturated rings. The SMILES string of the molecule is Fc1c(F)c(F)c2c3c(c(F)c(F)c2c1F)B(Br)c1c(F)c(F)c2c(F)c(F)c(F)c(F)c2c1-c1c(c(F)c(F)c2c(F)c(F)c(F)c(F)c12)B(Br)c1c(F)c(F)c2c(F)c(F)c(F)c(F)c2c1-3. The Hall–Kier alpha value is -5.79. The van der Waals surface area contributed by atoms with Gasteiger partial charge in [0.05, 0.1) is 21.5 Å². The second-order valence-corrected chi connectivity index (χ2v) is 16.2. The molecule has 0 radical (unpaired) electrons. The molecule has 0 saturated heterocycles. The van der Waals surface area contributed by atoms with Crippen LogP contribution in [0.25, 0.3) is 65.3 Å². The van der Waals surface area contributed by atoms with Crippen molar-refractivity contribution >= 4 is 108 Å². The van der Waals surface area contributed by atoms with Crippen molar-refractivity contribution < 1.29 is 105 Å². The first-order valence-electron chi connectivity index (χ1n) is 17.6. The quantitative estimate of drug-likeness (QED) is 0.0614. The van der Waals surface area contributed by atoms with E-state index in [4.69, 9.17) is 0 Å². The smallest absolute Gasteiger partial charge is 0.204 e. The third kappa shape index (κ3) is 5.60. The predicted molar refractivity (Wildman–Crippen MR) is 201 cm³/mol. The fraction of sp³-hybridized carbons (Fsp3) is 0. The maximum atomic E-state index is 17.1. The Bertz CT molecular complexity index is 3300. The summed E-state index contributed by atoms with van der Waals surface area (Å²) in [6.45, 7) is 0. The average Bonchev–Trinajstić information content (AvgIpc) is 3.30. The minimum atomic E-state index is -3.58. The normalized spacial score (nSPS) is 12.8. The van der Waals surface area contributed by atoms with E-state index in [9.17, 15) is 17.6 Å². The monoisotopic (exact) mass is 1120 g/mol. The number of rotatable bonds is 0. The Morgan fingerprint density at radius 1 is 0.162 bits per heavy atom. The lowest BCUT2D eigenvalue weighted by Gasteiger charge is -2.30. The molecular formula is C40B2Br2F24. The van der Waals surface area contributed by atoms with E-state index in [1.165, 1.54) is 0 Å². The van der Waals surface area contributed by atoms with Crippen LogP contribution in [0.5, 0.6) is 0 Å². The predicted octanol–water partition coefficient (Wildman–Crippen LogP) is 12.3. The first-order chi connectivity index (χ1) is 31.7. The molecule has 0 bridgehead atoms. The van der Waals surface area contributed by atoms with Crippen molar-refractivity contribution in [2.24, 2.45) is 0 Å². The molecule has 0 nitrogen and oxygen atoms in total. The molecule has 0 atom stereocenters. The van der Waals surface area contributed by atoms with Crippen LogP contribution in [0, 0.1) is 140 Å². The third-order valence-corrected chi connectivity index (χ3v) is 13.1. The highest BCUT2D eigenvalue weighted by molar-refractivity contribution is 9.25. The van der Waals surface area contributed by atoms with Crippen LogP contribution in [-0.4, -0.2) is 11.1 Å². The van der Waals surface area contributed by atoms with E-state index in [1.54, 1.807) is 0 Å². The molecule has 0 saturated carbocycles. The van der Waals surface area contributed by atoms with Crippen molar-refractivity contribution in [1.82, 2.24) is 0 Å². The summed E-state index contributed by atoms with van der Waals surface area (Å²) in [6.07, 6.45) is 0. The second-order valence-electron chi connectivity index (χ2n) is 14.4. The van der Waals surface area contributed by atoms with Gasteiger partial charge in [-0.3, -0.25) is 0 Å². The minimum absolute atomic E-state index is 2.32. The van der Waals surface area contributed by atoms with Crippen LogP contribution >= 0.6 is 31.5 Å². The molecule has 0 unspecified atom stereocenters. The number of halogens is 26. The Balaban J connectivity index is 1.78. The molecule has 0 N–H and O–H groups in total. The van der Waals surface area contributed by atoms with E-state index >= 15 is 87.8 Å². The van der Waals surface area contributed by atoms with Gasteiger partial charge in [0.1, 0.15) is 0 Å². The fourth-order valence-electron chi connectivity index (χ4n) is 8.46. The lowest BCUT2D eigenvalue weighted by Crippen LogP contribution is -2.50. The molecule has 1 aliphatic heterocycles. The van der Waals surface area contributed by atoms with Gasteiger partial charge in [-0.2, -0.15) is 0 Å². The average molecular weight is 1120 g/mol. The van der Waals surface area contributed by atoms with Crippen LogP contribution < -0.4 is 21.9 Å². The number of fused-ring (bicyclic) bond motifs is 14. The van der Waals surface area contributed by atoms with Gasteiger partial charge in [0.25, 0.3) is 11.1 Å². The largest absolute Gasteiger partial charge is 0.295 e. The molecule has 1 heterocycles. The molecule has 1 aliphatic rings. The molecule has 0 aliphatic carbocycles. The molecule has 0 spiro atoms. The van der Waals surface area contributed by atoms with Crippen molar-refractivity contribution in [3.63, 3.8) is 0 Å². The maximum absolute atomic E-state index is 17.1. The van der Waals surface area contributed by atoms with Crippen LogP contribution in [0.15, 0.2) is 0 Å². The van der Waals surface area contributed by atoms with E-state index in [0.29, 0.717) is 0 Å². The van der Waals surface area contributed by atoms with Gasteiger partial charge in [0.2, 0.25) is 0 Å². The molecule has 9 rings (SSSR count). The molecule has 68 heavy (non-hydrogen) atoms. The molecule has 348 valence electrons. The van der Waals surface area contributed by atoms with E-state index in [2.05, 4.69) is 31.5 Å². The molecule has 28 heteroatoms. The van der Waals surface area contributed by atoms with Gasteiger partial charge >= 0.3 is 0 Å². The number of benzene rings is 8. The lowest BCUT2D eigenvalue weighted by atomic mass is 9.51. The lowest BCUT2D eigenvalue weighted by molar-refractivity contribution is 0.414. The number of hydrogen-bond donors (Lipinski definition) is 0. The molecule has 8 aromatic rings. The summed E-state index contributed by atoms with van der Waals surface area (Å²) < 4.78 is 382. The van der Waals surface area contributed by atoms with E-state index in [-0.39, 0.29) is 0 Å². The van der Waals surface area contributed by atoms with E-state index in [1.807, 2.05) is 0 Å². The molecular weight excluding hydrogens is 1120 g/mol. The van der Waals surface area contributed by atoms with Gasteiger partial charge in [-0.1, -0.05) is 0 Å². The number of hydrogen-bond acceptors (Lipinski definition) is 0. The van der Waals surface area contributed by atoms with Gasteiger partial charge in [-0.15, -0.1) is 31.5 Å². The van der Waals surface area contributed by atoms with E-state index in [0.717, 1.165) is 0 Å². The third-order valence-electron chi connectivity index (χ3n) is 11.3. The Morgan fingerprint density at radius 3 is 0.426 bits per heavy atom. The molecule has 0 amide bonds. The van der Waals surface area contributed by atoms with Crippen LogP contribution in [-0.2, 0) is 0 Å². The van der Waals surface area contributed by atoms with Crippen LogP contribution in [0.2, 0.25) is 0 Å². The van der Waals surface area contributed by atoms with Crippen molar-refractivity contribution in [2.75, 3.05) is 0 Å². The summed E-state index contributed by atoms with van der Waals surface area (Å²) in [5, 5.41) is -20.1. The van der Waals surface area contributed by atoms with Crippen molar-refractivity contribution in [3.8, 4) is 22.3 Å². The zero-order valence-corrected chi connectivity index (χ0v) is 34.2. The zero-order valence-electron chi connectivity index (χ0n) is 31.0. The van der Waals surface area contributed by atoms with Crippen LogP contribution in [0.4, 0.5) is 105 Å². The summed E-state index contributed by atoms with van der Waals surface area (Å²) >= 11 is 4.65. The van der Waals surface area contributed by atoms with Crippen molar-refractivity contribution in [1.29, 1.82) is 0 Å². The summed E-state index contributed by atoms with van der Waals surface area (Å²) in [5.74, 6) is -73.5. The van der Waals surface area contributed by atoms with Crippen molar-refractivity contribution in [2.45, 2.75) is 0 Å². The van der Waals surface area contributed by atoms with Crippen LogP contribution in [0.3, 0.4) is 0 Å². The topological polar surface area (TPSA) is 0 Å². The summed E-state index contributed by atoms with van der Waals surface area (Å²) in [6, 6.07) is 0. The van der Waals surface area contributed by atoms with E-state index < -0.39 is 238 Å². The Kier molecular flexibility index (Phi) is 10.7. The highest BCUT2D eigenvalue weighted by Gasteiger charge is 2.47. The van der Waals surface area contributed by atoms with Gasteiger partial charge in [-0.05, 0) is 44.1 Å². The van der Waals surface area contributed by atoms with Gasteiger partial charge in [0, 0.05) is 21.5 Å². The molecule has 0 aromatic heterocycles. The Morgan fingerprint density at radius 2 is 0.279 bits per heavy atom. The first kappa shape index (κ1) is 47.3. The molecule has 8 aromatic carbocycles. The highest BCUT2D eigenvalue weighted by atomic mass is 79.9. The van der Waals surface area contributed by atoms with Crippen molar-refractivity contribution in [3.05, 3.63) is 140 Å². The highest BCUT2D eigenvalue weighted by Crippen LogP contribution is 2.47. The standard InChI is InChI=1S/C40B2Br2F24/c43-41-13-1(5-9(21(49)29(13)57)25(53)37(65)33(61)17(5)45)2-6-10(26(54)38(66)34(62)18(6)46)22(50)30(58)14(2)42(44)16-4(8-12(24(52)32(16)60)28(56)40(68)36(64)20(8)48)3-7-11(23(51)31(59)15(3)41)27(55)39(67)35(63)19(7)47. The van der Waals surface area contributed by atoms with Gasteiger partial charge in [-0.25, -0.2) is 105 Å². The first-order valence-corrected chi connectivity index (χ1v) is 19.5. The fourth-order valence-corrected chi connectivity index (χ4v) is 10.2. The van der Waals surface area contributed by atoms with Gasteiger partial charge < -0.3 is 0 Å².